The Morgan fingerprint density at radius 3 is 2.17 bits per heavy atom. The summed E-state index contributed by atoms with van der Waals surface area (Å²) in [6.07, 6.45) is 0. The van der Waals surface area contributed by atoms with E-state index in [1.54, 1.807) is 30.3 Å². The minimum atomic E-state index is -1.74. The van der Waals surface area contributed by atoms with Crippen LogP contribution in [0.2, 0.25) is 0 Å². The van der Waals surface area contributed by atoms with Crippen LogP contribution in [0.15, 0.2) is 54.6 Å². The van der Waals surface area contributed by atoms with E-state index < -0.39 is 22.5 Å². The number of anilines is 1. The van der Waals surface area contributed by atoms with Gasteiger partial charge >= 0.3 is 12.0 Å². The number of rotatable bonds is 5. The van der Waals surface area contributed by atoms with Crippen molar-refractivity contribution in [2.24, 2.45) is 0 Å². The van der Waals surface area contributed by atoms with Crippen molar-refractivity contribution < 1.29 is 19.6 Å². The summed E-state index contributed by atoms with van der Waals surface area (Å²) in [5.41, 5.74) is -1.19. The van der Waals surface area contributed by atoms with Gasteiger partial charge in [0.15, 0.2) is 5.54 Å². The Kier molecular flexibility index (Phi) is 4.78. The summed E-state index contributed by atoms with van der Waals surface area (Å²) >= 11 is 0. The second-order valence-corrected chi connectivity index (χ2v) is 5.18. The predicted octanol–water partition coefficient (Wildman–Crippen LogP) is 2.72. The van der Waals surface area contributed by atoms with Crippen LogP contribution in [-0.2, 0) is 10.3 Å². The number of nitro groups is 1. The van der Waals surface area contributed by atoms with E-state index in [1.165, 1.54) is 31.2 Å². The molecule has 1 unspecified atom stereocenters. The fourth-order valence-electron chi connectivity index (χ4n) is 2.08. The van der Waals surface area contributed by atoms with Gasteiger partial charge in [0.25, 0.3) is 5.69 Å². The van der Waals surface area contributed by atoms with Gasteiger partial charge in [0.2, 0.25) is 0 Å². The highest BCUT2D eigenvalue weighted by molar-refractivity contribution is 5.94. The normalized spacial score (nSPS) is 12.7. The number of aliphatic carboxylic acids is 1. The lowest BCUT2D eigenvalue weighted by molar-refractivity contribution is -0.384. The number of carbonyl (C=O) groups excluding carboxylic acids is 1. The van der Waals surface area contributed by atoms with Crippen LogP contribution in [0.25, 0.3) is 0 Å². The number of hydrogen-bond acceptors (Lipinski definition) is 4. The van der Waals surface area contributed by atoms with Gasteiger partial charge in [-0.05, 0) is 36.8 Å². The highest BCUT2D eigenvalue weighted by atomic mass is 16.6. The third kappa shape index (κ3) is 3.67. The average molecular weight is 329 g/mol. The van der Waals surface area contributed by atoms with Crippen molar-refractivity contribution in [1.29, 1.82) is 0 Å². The minimum absolute atomic E-state index is 0.166. The van der Waals surface area contributed by atoms with Crippen LogP contribution in [-0.4, -0.2) is 22.0 Å². The highest BCUT2D eigenvalue weighted by Gasteiger charge is 2.37. The summed E-state index contributed by atoms with van der Waals surface area (Å²) in [5.74, 6) is -1.29. The summed E-state index contributed by atoms with van der Waals surface area (Å²) in [4.78, 5) is 33.8. The van der Waals surface area contributed by atoms with Crippen molar-refractivity contribution in [2.75, 3.05) is 5.32 Å². The number of carbonyl (C=O) groups is 2. The van der Waals surface area contributed by atoms with Crippen LogP contribution in [0.5, 0.6) is 0 Å². The van der Waals surface area contributed by atoms with Gasteiger partial charge in [0.05, 0.1) is 4.92 Å². The molecule has 0 aliphatic carbocycles. The topological polar surface area (TPSA) is 122 Å². The van der Waals surface area contributed by atoms with E-state index in [0.717, 1.165) is 0 Å². The Bertz CT molecular complexity index is 761. The molecule has 2 rings (SSSR count). The standard InChI is InChI=1S/C16H15N3O5/c1-16(14(20)21,11-7-9-13(10-8-11)19(23)24)18-15(22)17-12-5-3-2-4-6-12/h2-10H,1H3,(H,20,21)(H2,17,18,22). The molecule has 2 amide bonds. The van der Waals surface area contributed by atoms with E-state index >= 15 is 0 Å². The molecule has 0 heterocycles. The maximum atomic E-state index is 12.1. The monoisotopic (exact) mass is 329 g/mol. The molecule has 0 saturated carbocycles. The average Bonchev–Trinajstić information content (AvgIpc) is 2.55. The lowest BCUT2D eigenvalue weighted by Crippen LogP contribution is -2.51. The molecule has 0 saturated heterocycles. The molecule has 8 heteroatoms. The number of urea groups is 1. The van der Waals surface area contributed by atoms with Gasteiger partial charge in [-0.15, -0.1) is 0 Å². The van der Waals surface area contributed by atoms with Crippen LogP contribution in [0, 0.1) is 10.1 Å². The van der Waals surface area contributed by atoms with Gasteiger partial charge in [-0.3, -0.25) is 10.1 Å². The molecule has 124 valence electrons. The number of benzene rings is 2. The fourth-order valence-corrected chi connectivity index (χ4v) is 2.08. The number of carboxylic acid groups (broad SMARTS) is 1. The maximum absolute atomic E-state index is 12.1. The quantitative estimate of drug-likeness (QED) is 0.575. The second kappa shape index (κ2) is 6.78. The zero-order chi connectivity index (χ0) is 17.7. The molecular formula is C16H15N3O5. The van der Waals surface area contributed by atoms with Crippen molar-refractivity contribution in [3.8, 4) is 0 Å². The van der Waals surface area contributed by atoms with E-state index in [1.807, 2.05) is 0 Å². The molecule has 2 aromatic rings. The highest BCUT2D eigenvalue weighted by Crippen LogP contribution is 2.24. The van der Waals surface area contributed by atoms with E-state index in [0.29, 0.717) is 5.69 Å². The van der Waals surface area contributed by atoms with Crippen molar-refractivity contribution in [1.82, 2.24) is 5.32 Å². The van der Waals surface area contributed by atoms with Crippen LogP contribution < -0.4 is 10.6 Å². The summed E-state index contributed by atoms with van der Waals surface area (Å²) in [6.45, 7) is 1.31. The van der Waals surface area contributed by atoms with E-state index in [4.69, 9.17) is 0 Å². The number of nitro benzene ring substituents is 1. The van der Waals surface area contributed by atoms with Crippen LogP contribution >= 0.6 is 0 Å². The van der Waals surface area contributed by atoms with E-state index in [9.17, 15) is 24.8 Å². The second-order valence-electron chi connectivity index (χ2n) is 5.18. The summed E-state index contributed by atoms with van der Waals surface area (Å²) in [5, 5.41) is 25.1. The molecule has 8 nitrogen and oxygen atoms in total. The molecule has 2 aromatic carbocycles. The van der Waals surface area contributed by atoms with Gasteiger partial charge in [0.1, 0.15) is 0 Å². The predicted molar refractivity (Wildman–Crippen MR) is 86.7 cm³/mol. The number of amides is 2. The molecule has 1 atom stereocenters. The minimum Gasteiger partial charge on any atom is -0.479 e. The first kappa shape index (κ1) is 16.9. The lowest BCUT2D eigenvalue weighted by atomic mass is 9.92. The first-order chi connectivity index (χ1) is 11.3. The molecular weight excluding hydrogens is 314 g/mol. The van der Waals surface area contributed by atoms with E-state index in [-0.39, 0.29) is 11.3 Å². The Balaban J connectivity index is 2.22. The van der Waals surface area contributed by atoms with Crippen LogP contribution in [0.4, 0.5) is 16.2 Å². The number of nitrogens with one attached hydrogen (secondary N) is 2. The molecule has 0 fully saturated rings. The van der Waals surface area contributed by atoms with E-state index in [2.05, 4.69) is 10.6 Å². The van der Waals surface area contributed by atoms with Crippen molar-refractivity contribution in [2.45, 2.75) is 12.5 Å². The summed E-state index contributed by atoms with van der Waals surface area (Å²) in [7, 11) is 0. The van der Waals surface area contributed by atoms with Gasteiger partial charge in [0, 0.05) is 17.8 Å². The molecule has 0 radical (unpaired) electrons. The van der Waals surface area contributed by atoms with Gasteiger partial charge < -0.3 is 15.7 Å². The van der Waals surface area contributed by atoms with Crippen molar-refractivity contribution >= 4 is 23.4 Å². The lowest BCUT2D eigenvalue weighted by Gasteiger charge is -2.26. The largest absolute Gasteiger partial charge is 0.479 e. The number of nitrogens with zero attached hydrogens (tertiary/aromatic N) is 1. The van der Waals surface area contributed by atoms with Gasteiger partial charge in [-0.2, -0.15) is 0 Å². The molecule has 0 aliphatic heterocycles. The fraction of sp³-hybridized carbons (Fsp3) is 0.125. The SMILES string of the molecule is CC(NC(=O)Nc1ccccc1)(C(=O)O)c1ccc([N+](=O)[O-])cc1. The van der Waals surface area contributed by atoms with Gasteiger partial charge in [-0.25, -0.2) is 9.59 Å². The van der Waals surface area contributed by atoms with Gasteiger partial charge in [-0.1, -0.05) is 18.2 Å². The van der Waals surface area contributed by atoms with Crippen LogP contribution in [0.1, 0.15) is 12.5 Å². The maximum Gasteiger partial charge on any atom is 0.333 e. The molecule has 0 bridgehead atoms. The van der Waals surface area contributed by atoms with Crippen LogP contribution in [0.3, 0.4) is 0 Å². The molecule has 0 aliphatic rings. The molecule has 3 N–H and O–H groups in total. The zero-order valence-corrected chi connectivity index (χ0v) is 12.7. The Morgan fingerprint density at radius 2 is 1.67 bits per heavy atom. The molecule has 0 spiro atoms. The Morgan fingerprint density at radius 1 is 1.08 bits per heavy atom. The first-order valence-electron chi connectivity index (χ1n) is 6.95. The van der Waals surface area contributed by atoms with Crippen molar-refractivity contribution in [3.05, 3.63) is 70.3 Å². The third-order valence-electron chi connectivity index (χ3n) is 3.48. The van der Waals surface area contributed by atoms with Crippen molar-refractivity contribution in [3.63, 3.8) is 0 Å². The number of para-hydroxylation sites is 1. The Labute approximate surface area is 137 Å². The zero-order valence-electron chi connectivity index (χ0n) is 12.7. The first-order valence-corrected chi connectivity index (χ1v) is 6.95. The number of non-ortho nitro benzene ring substituents is 1. The Hall–Kier alpha value is -3.42. The summed E-state index contributed by atoms with van der Waals surface area (Å²) in [6, 6.07) is 12.8. The smallest absolute Gasteiger partial charge is 0.333 e. The molecule has 0 aromatic heterocycles. The molecule has 24 heavy (non-hydrogen) atoms. The number of carboxylic acids is 1. The summed E-state index contributed by atoms with van der Waals surface area (Å²) < 4.78 is 0. The number of hydrogen-bond donors (Lipinski definition) is 3. The third-order valence-corrected chi connectivity index (χ3v) is 3.48.